The Morgan fingerprint density at radius 1 is 0.621 bits per heavy atom. The highest BCUT2D eigenvalue weighted by Gasteiger charge is 2.40. The molecule has 0 N–H and O–H groups in total. The molecule has 6 rings (SSSR count). The molecule has 2 heteroatoms. The lowest BCUT2D eigenvalue weighted by molar-refractivity contribution is 0.663. The molecule has 0 unspecified atom stereocenters. The first-order valence-electron chi connectivity index (χ1n) is 10.0. The third kappa shape index (κ3) is 2.23. The van der Waals surface area contributed by atoms with Crippen molar-refractivity contribution >= 4 is 21.5 Å². The Kier molecular flexibility index (Phi) is 3.25. The minimum absolute atomic E-state index is 0.173. The average Bonchev–Trinajstić information content (AvgIpc) is 3.01. The van der Waals surface area contributed by atoms with Gasteiger partial charge >= 0.3 is 0 Å². The van der Waals surface area contributed by atoms with Crippen molar-refractivity contribution in [3.8, 4) is 22.5 Å². The van der Waals surface area contributed by atoms with Gasteiger partial charge in [0.2, 0.25) is 0 Å². The monoisotopic (exact) mass is 372 g/mol. The predicted octanol–water partition coefficient (Wildman–Crippen LogP) is 6.76. The Labute approximate surface area is 169 Å². The van der Waals surface area contributed by atoms with Gasteiger partial charge in [0.05, 0.1) is 11.4 Å². The van der Waals surface area contributed by atoms with Crippen LogP contribution in [0.25, 0.3) is 44.1 Å². The van der Waals surface area contributed by atoms with E-state index in [1.54, 1.807) is 6.33 Å². The molecule has 0 saturated heterocycles. The molecule has 0 radical (unpaired) electrons. The van der Waals surface area contributed by atoms with Crippen LogP contribution < -0.4 is 0 Å². The van der Waals surface area contributed by atoms with Crippen molar-refractivity contribution in [2.45, 2.75) is 19.3 Å². The lowest BCUT2D eigenvalue weighted by Crippen LogP contribution is -2.17. The van der Waals surface area contributed by atoms with Crippen molar-refractivity contribution in [2.75, 3.05) is 0 Å². The Hall–Kier alpha value is -3.52. The molecule has 29 heavy (non-hydrogen) atoms. The molecule has 1 aliphatic carbocycles. The van der Waals surface area contributed by atoms with Gasteiger partial charge in [0.25, 0.3) is 0 Å². The first kappa shape index (κ1) is 16.4. The van der Waals surface area contributed by atoms with Gasteiger partial charge in [0.15, 0.2) is 0 Å². The number of fused-ring (bicyclic) bond motifs is 6. The smallest absolute Gasteiger partial charge is 0.116 e. The molecule has 0 atom stereocenters. The summed E-state index contributed by atoms with van der Waals surface area (Å²) in [6, 6.07) is 28.2. The van der Waals surface area contributed by atoms with Crippen LogP contribution in [0.4, 0.5) is 0 Å². The predicted molar refractivity (Wildman–Crippen MR) is 120 cm³/mol. The zero-order chi connectivity index (χ0) is 19.6. The molecule has 138 valence electrons. The maximum atomic E-state index is 4.78. The fourth-order valence-electron chi connectivity index (χ4n) is 5.00. The number of hydrogen-bond acceptors (Lipinski definition) is 2. The van der Waals surface area contributed by atoms with Crippen molar-refractivity contribution in [2.24, 2.45) is 0 Å². The Balaban J connectivity index is 1.66. The van der Waals surface area contributed by atoms with E-state index in [1.807, 2.05) is 0 Å². The van der Waals surface area contributed by atoms with Crippen LogP contribution in [0.15, 0.2) is 85.2 Å². The van der Waals surface area contributed by atoms with E-state index in [1.165, 1.54) is 38.2 Å². The highest BCUT2D eigenvalue weighted by molar-refractivity contribution is 5.98. The molecule has 0 amide bonds. The van der Waals surface area contributed by atoms with Crippen molar-refractivity contribution < 1.29 is 0 Å². The molecule has 0 fully saturated rings. The fraction of sp³-hybridized carbons (Fsp3) is 0.111. The second kappa shape index (κ2) is 5.74. The number of nitrogens with zero attached hydrogens (tertiary/aromatic N) is 2. The summed E-state index contributed by atoms with van der Waals surface area (Å²) in [5.74, 6) is 0. The summed E-state index contributed by atoms with van der Waals surface area (Å²) in [5, 5.41) is 5.05. The zero-order valence-corrected chi connectivity index (χ0v) is 16.5. The largest absolute Gasteiger partial charge is 0.236 e. The van der Waals surface area contributed by atoms with E-state index in [0.29, 0.717) is 0 Å². The van der Waals surface area contributed by atoms with Crippen LogP contribution in [-0.2, 0) is 5.41 Å². The fourth-order valence-corrected chi connectivity index (χ4v) is 5.00. The standard InChI is InChI=1S/C27H20N2/c1-27(2)23-21-10-6-5-8-18(21)13-14-22(23)26-24(27)25(28-16-29-26)20-12-11-17-7-3-4-9-19(17)15-20/h3-16H,1-2H3. The summed E-state index contributed by atoms with van der Waals surface area (Å²) in [7, 11) is 0. The second-order valence-corrected chi connectivity index (χ2v) is 8.34. The van der Waals surface area contributed by atoms with Crippen molar-refractivity contribution in [1.29, 1.82) is 0 Å². The zero-order valence-electron chi connectivity index (χ0n) is 16.5. The SMILES string of the molecule is CC1(C)c2c(-c3ccc4ccccc4c3)ncnc2-c2ccc3ccccc3c21. The first-order valence-corrected chi connectivity index (χ1v) is 10.0. The maximum absolute atomic E-state index is 4.78. The number of aromatic nitrogens is 2. The third-order valence-corrected chi connectivity index (χ3v) is 6.30. The van der Waals surface area contributed by atoms with E-state index in [0.717, 1.165) is 17.0 Å². The molecule has 2 nitrogen and oxygen atoms in total. The molecule has 1 heterocycles. The third-order valence-electron chi connectivity index (χ3n) is 6.30. The Morgan fingerprint density at radius 3 is 2.17 bits per heavy atom. The first-order chi connectivity index (χ1) is 14.1. The van der Waals surface area contributed by atoms with Crippen LogP contribution in [0.1, 0.15) is 25.0 Å². The number of hydrogen-bond donors (Lipinski definition) is 0. The highest BCUT2D eigenvalue weighted by Crippen LogP contribution is 2.52. The normalized spacial score (nSPS) is 14.1. The van der Waals surface area contributed by atoms with Gasteiger partial charge in [0, 0.05) is 22.1 Å². The summed E-state index contributed by atoms with van der Waals surface area (Å²) in [4.78, 5) is 9.52. The summed E-state index contributed by atoms with van der Waals surface area (Å²) in [6.07, 6.45) is 1.71. The molecule has 0 aliphatic heterocycles. The van der Waals surface area contributed by atoms with Gasteiger partial charge in [-0.25, -0.2) is 9.97 Å². The average molecular weight is 372 g/mol. The summed E-state index contributed by atoms with van der Waals surface area (Å²) in [5.41, 5.74) is 6.88. The Morgan fingerprint density at radius 2 is 1.31 bits per heavy atom. The molecule has 0 spiro atoms. The van der Waals surface area contributed by atoms with E-state index >= 15 is 0 Å². The van der Waals surface area contributed by atoms with Gasteiger partial charge < -0.3 is 0 Å². The molecular formula is C27H20N2. The summed E-state index contributed by atoms with van der Waals surface area (Å²) in [6.45, 7) is 4.61. The topological polar surface area (TPSA) is 25.8 Å². The molecular weight excluding hydrogens is 352 g/mol. The van der Waals surface area contributed by atoms with Gasteiger partial charge in [-0.15, -0.1) is 0 Å². The van der Waals surface area contributed by atoms with Gasteiger partial charge in [-0.1, -0.05) is 86.6 Å². The van der Waals surface area contributed by atoms with Gasteiger partial charge in [-0.05, 0) is 33.2 Å². The lowest BCUT2D eigenvalue weighted by Gasteiger charge is -2.24. The summed E-state index contributed by atoms with van der Waals surface area (Å²) < 4.78 is 0. The van der Waals surface area contributed by atoms with E-state index in [4.69, 9.17) is 9.97 Å². The maximum Gasteiger partial charge on any atom is 0.116 e. The molecule has 1 aromatic heterocycles. The van der Waals surface area contributed by atoms with Gasteiger partial charge in [-0.2, -0.15) is 0 Å². The molecule has 5 aromatic rings. The van der Waals surface area contributed by atoms with Crippen molar-refractivity contribution in [3.63, 3.8) is 0 Å². The van der Waals surface area contributed by atoms with Crippen LogP contribution >= 0.6 is 0 Å². The van der Waals surface area contributed by atoms with Gasteiger partial charge in [-0.3, -0.25) is 0 Å². The minimum Gasteiger partial charge on any atom is -0.236 e. The van der Waals surface area contributed by atoms with E-state index in [9.17, 15) is 0 Å². The van der Waals surface area contributed by atoms with Crippen LogP contribution in [0.5, 0.6) is 0 Å². The number of rotatable bonds is 1. The quantitative estimate of drug-likeness (QED) is 0.325. The number of benzene rings is 4. The molecule has 0 bridgehead atoms. The summed E-state index contributed by atoms with van der Waals surface area (Å²) >= 11 is 0. The second-order valence-electron chi connectivity index (χ2n) is 8.34. The van der Waals surface area contributed by atoms with E-state index < -0.39 is 0 Å². The highest BCUT2D eigenvalue weighted by atomic mass is 14.9. The minimum atomic E-state index is -0.173. The van der Waals surface area contributed by atoms with Crippen molar-refractivity contribution in [1.82, 2.24) is 9.97 Å². The molecule has 0 saturated carbocycles. The van der Waals surface area contributed by atoms with Crippen LogP contribution in [0.3, 0.4) is 0 Å². The van der Waals surface area contributed by atoms with Crippen LogP contribution in [0.2, 0.25) is 0 Å². The van der Waals surface area contributed by atoms with Gasteiger partial charge in [0.1, 0.15) is 6.33 Å². The Bertz CT molecular complexity index is 1430. The molecule has 4 aromatic carbocycles. The molecule has 1 aliphatic rings. The van der Waals surface area contributed by atoms with Crippen LogP contribution in [-0.4, -0.2) is 9.97 Å². The van der Waals surface area contributed by atoms with E-state index in [2.05, 4.69) is 92.7 Å². The lowest BCUT2D eigenvalue weighted by atomic mass is 9.79. The van der Waals surface area contributed by atoms with Crippen molar-refractivity contribution in [3.05, 3.63) is 96.3 Å². The van der Waals surface area contributed by atoms with E-state index in [-0.39, 0.29) is 5.41 Å². The van der Waals surface area contributed by atoms with Crippen LogP contribution in [0, 0.1) is 0 Å².